The fourth-order valence-electron chi connectivity index (χ4n) is 2.40. The minimum absolute atomic E-state index is 0.00432. The lowest BCUT2D eigenvalue weighted by Crippen LogP contribution is -2.26. The predicted octanol–water partition coefficient (Wildman–Crippen LogP) is 4.31. The van der Waals surface area contributed by atoms with Crippen LogP contribution in [0, 0.1) is 0 Å². The Hall–Kier alpha value is -1.87. The number of halogens is 2. The standard InChI is InChI=1S/C18H18Br2NO7P/c1-29(26,27)9-10-6-13(19)17(14(20)7-10)28-11-2-3-15(22)12(8-11)18(25)21-5-4-16(23)24/h2-3,6-8,22H,4-5,9H2,1H3,(H,21,25)(H,23,24)(H,26,27). The van der Waals surface area contributed by atoms with Crippen LogP contribution in [0.3, 0.4) is 0 Å². The highest BCUT2D eigenvalue weighted by Crippen LogP contribution is 2.44. The number of hydrogen-bond donors (Lipinski definition) is 4. The molecule has 8 nitrogen and oxygen atoms in total. The monoisotopic (exact) mass is 549 g/mol. The number of carboxylic acid groups (broad SMARTS) is 1. The fraction of sp³-hybridized carbons (Fsp3) is 0.222. The summed E-state index contributed by atoms with van der Waals surface area (Å²) in [7, 11) is -3.24. The molecular formula is C18H18Br2NO7P. The molecule has 0 saturated heterocycles. The molecule has 0 fully saturated rings. The zero-order chi connectivity index (χ0) is 21.8. The minimum Gasteiger partial charge on any atom is -0.507 e. The zero-order valence-electron chi connectivity index (χ0n) is 15.2. The van der Waals surface area contributed by atoms with Crippen molar-refractivity contribution in [2.75, 3.05) is 13.2 Å². The second-order valence-corrected chi connectivity index (χ2v) is 10.4. The highest BCUT2D eigenvalue weighted by atomic mass is 79.9. The van der Waals surface area contributed by atoms with Crippen molar-refractivity contribution >= 4 is 51.1 Å². The highest BCUT2D eigenvalue weighted by Gasteiger charge is 2.17. The summed E-state index contributed by atoms with van der Waals surface area (Å²) in [5.74, 6) is -1.33. The van der Waals surface area contributed by atoms with Gasteiger partial charge in [0.1, 0.15) is 11.5 Å². The van der Waals surface area contributed by atoms with Crippen LogP contribution in [0.2, 0.25) is 0 Å². The lowest BCUT2D eigenvalue weighted by Gasteiger charge is -2.14. The SMILES string of the molecule is CP(=O)(O)Cc1cc(Br)c(Oc2ccc(O)c(C(=O)NCCC(=O)O)c2)c(Br)c1. The van der Waals surface area contributed by atoms with Gasteiger partial charge in [-0.25, -0.2) is 0 Å². The van der Waals surface area contributed by atoms with Crippen LogP contribution in [-0.2, 0) is 15.5 Å². The van der Waals surface area contributed by atoms with Gasteiger partial charge in [0.25, 0.3) is 5.91 Å². The molecule has 4 N–H and O–H groups in total. The Labute approximate surface area is 183 Å². The molecule has 1 atom stereocenters. The maximum absolute atomic E-state index is 12.2. The van der Waals surface area contributed by atoms with Crippen LogP contribution in [0.15, 0.2) is 39.3 Å². The van der Waals surface area contributed by atoms with Gasteiger partial charge in [-0.05, 0) is 67.8 Å². The molecule has 0 aliphatic carbocycles. The third-order valence-corrected chi connectivity index (χ3v) is 5.72. The van der Waals surface area contributed by atoms with Crippen molar-refractivity contribution in [3.63, 3.8) is 0 Å². The van der Waals surface area contributed by atoms with E-state index in [4.69, 9.17) is 9.84 Å². The van der Waals surface area contributed by atoms with Gasteiger partial charge in [0, 0.05) is 19.4 Å². The predicted molar refractivity (Wildman–Crippen MR) is 114 cm³/mol. The lowest BCUT2D eigenvalue weighted by atomic mass is 10.1. The summed E-state index contributed by atoms with van der Waals surface area (Å²) < 4.78 is 18.5. The van der Waals surface area contributed by atoms with Gasteiger partial charge < -0.3 is 25.2 Å². The van der Waals surface area contributed by atoms with Crippen molar-refractivity contribution in [3.05, 3.63) is 50.4 Å². The Morgan fingerprint density at radius 1 is 1.17 bits per heavy atom. The zero-order valence-corrected chi connectivity index (χ0v) is 19.3. The Bertz CT molecular complexity index is 967. The molecule has 0 heterocycles. The lowest BCUT2D eigenvalue weighted by molar-refractivity contribution is -0.136. The van der Waals surface area contributed by atoms with Gasteiger partial charge >= 0.3 is 5.97 Å². The number of rotatable bonds is 8. The van der Waals surface area contributed by atoms with E-state index < -0.39 is 19.2 Å². The Balaban J connectivity index is 2.23. The van der Waals surface area contributed by atoms with Crippen LogP contribution >= 0.6 is 39.2 Å². The number of carbonyl (C=O) groups excluding carboxylic acids is 1. The van der Waals surface area contributed by atoms with Crippen LogP contribution in [0.5, 0.6) is 17.2 Å². The third kappa shape index (κ3) is 7.15. The molecule has 11 heteroatoms. The van der Waals surface area contributed by atoms with Gasteiger partial charge in [-0.3, -0.25) is 14.2 Å². The number of phenols is 1. The van der Waals surface area contributed by atoms with Crippen LogP contribution in [0.25, 0.3) is 0 Å². The number of ether oxygens (including phenoxy) is 1. The van der Waals surface area contributed by atoms with E-state index in [0.29, 0.717) is 20.3 Å². The summed E-state index contributed by atoms with van der Waals surface area (Å²) in [6.07, 6.45) is -0.238. The Kier molecular flexibility index (Phi) is 7.87. The van der Waals surface area contributed by atoms with Gasteiger partial charge in [0.05, 0.1) is 20.9 Å². The summed E-state index contributed by atoms with van der Waals surface area (Å²) in [6.45, 7) is 1.20. The number of carbonyl (C=O) groups is 2. The summed E-state index contributed by atoms with van der Waals surface area (Å²) >= 11 is 6.72. The number of phenolic OH excluding ortho intramolecular Hbond substituents is 1. The molecule has 0 aliphatic rings. The molecule has 29 heavy (non-hydrogen) atoms. The molecule has 2 aromatic carbocycles. The van der Waals surface area contributed by atoms with E-state index in [1.54, 1.807) is 12.1 Å². The van der Waals surface area contributed by atoms with Crippen molar-refractivity contribution in [1.82, 2.24) is 5.32 Å². The Morgan fingerprint density at radius 2 is 1.79 bits per heavy atom. The highest BCUT2D eigenvalue weighted by molar-refractivity contribution is 9.11. The Morgan fingerprint density at radius 3 is 2.34 bits per heavy atom. The second-order valence-electron chi connectivity index (χ2n) is 6.28. The summed E-state index contributed by atoms with van der Waals surface area (Å²) in [5, 5.41) is 21.0. The van der Waals surface area contributed by atoms with Crippen molar-refractivity contribution < 1.29 is 34.0 Å². The molecule has 0 aliphatic heterocycles. The van der Waals surface area contributed by atoms with Crippen molar-refractivity contribution in [2.24, 2.45) is 0 Å². The molecule has 1 amide bonds. The normalized spacial score (nSPS) is 12.8. The van der Waals surface area contributed by atoms with Gasteiger partial charge in [0.15, 0.2) is 5.75 Å². The van der Waals surface area contributed by atoms with Crippen LogP contribution in [0.4, 0.5) is 0 Å². The summed E-state index contributed by atoms with van der Waals surface area (Å²) in [5.41, 5.74) is 0.567. The van der Waals surface area contributed by atoms with E-state index in [1.165, 1.54) is 24.9 Å². The maximum Gasteiger partial charge on any atom is 0.305 e. The van der Waals surface area contributed by atoms with E-state index >= 15 is 0 Å². The third-order valence-electron chi connectivity index (χ3n) is 3.59. The average Bonchev–Trinajstić information content (AvgIpc) is 2.57. The first-order valence-corrected chi connectivity index (χ1v) is 12.1. The summed E-state index contributed by atoms with van der Waals surface area (Å²) in [4.78, 5) is 32.3. The van der Waals surface area contributed by atoms with E-state index in [1.807, 2.05) is 0 Å². The quantitative estimate of drug-likeness (QED) is 0.360. The molecule has 0 saturated carbocycles. The number of aliphatic carboxylic acids is 1. The molecule has 0 spiro atoms. The average molecular weight is 551 g/mol. The minimum atomic E-state index is -3.24. The molecule has 0 radical (unpaired) electrons. The number of hydrogen-bond acceptors (Lipinski definition) is 5. The van der Waals surface area contributed by atoms with Crippen molar-refractivity contribution in [3.8, 4) is 17.2 Å². The summed E-state index contributed by atoms with van der Waals surface area (Å²) in [6, 6.07) is 7.39. The fourth-order valence-corrected chi connectivity index (χ4v) is 4.70. The maximum atomic E-state index is 12.2. The number of amides is 1. The van der Waals surface area contributed by atoms with Crippen LogP contribution in [0.1, 0.15) is 22.3 Å². The number of nitrogens with one attached hydrogen (secondary N) is 1. The molecular weight excluding hydrogens is 533 g/mol. The van der Waals surface area contributed by atoms with Gasteiger partial charge in [-0.1, -0.05) is 0 Å². The molecule has 2 rings (SSSR count). The number of benzene rings is 2. The molecule has 156 valence electrons. The first-order valence-electron chi connectivity index (χ1n) is 8.24. The largest absolute Gasteiger partial charge is 0.507 e. The van der Waals surface area contributed by atoms with E-state index in [9.17, 15) is 24.2 Å². The van der Waals surface area contributed by atoms with Crippen molar-refractivity contribution in [1.29, 1.82) is 0 Å². The van der Waals surface area contributed by atoms with Gasteiger partial charge in [-0.15, -0.1) is 0 Å². The van der Waals surface area contributed by atoms with Gasteiger partial charge in [-0.2, -0.15) is 0 Å². The smallest absolute Gasteiger partial charge is 0.305 e. The second kappa shape index (κ2) is 9.75. The van der Waals surface area contributed by atoms with Crippen LogP contribution < -0.4 is 10.1 Å². The topological polar surface area (TPSA) is 133 Å². The van der Waals surface area contributed by atoms with E-state index in [2.05, 4.69) is 37.2 Å². The first kappa shape index (κ1) is 23.4. The van der Waals surface area contributed by atoms with Crippen molar-refractivity contribution in [2.45, 2.75) is 12.6 Å². The van der Waals surface area contributed by atoms with E-state index in [-0.39, 0.29) is 36.2 Å². The molecule has 0 aromatic heterocycles. The van der Waals surface area contributed by atoms with Gasteiger partial charge in [0.2, 0.25) is 7.37 Å². The molecule has 0 bridgehead atoms. The number of aromatic hydroxyl groups is 1. The molecule has 2 aromatic rings. The first-order chi connectivity index (χ1) is 13.5. The van der Waals surface area contributed by atoms with Crippen LogP contribution in [-0.4, -0.2) is 40.2 Å². The number of carboxylic acids is 1. The van der Waals surface area contributed by atoms with E-state index in [0.717, 1.165) is 0 Å². The molecule has 1 unspecified atom stereocenters.